The van der Waals surface area contributed by atoms with Gasteiger partial charge < -0.3 is 30.6 Å². The number of benzene rings is 2. The molecule has 1 fully saturated rings. The number of rotatable bonds is 9. The predicted molar refractivity (Wildman–Crippen MR) is 145 cm³/mol. The number of hydrogen-bond donors (Lipinski definition) is 3. The number of anilines is 1. The molecule has 14 heteroatoms. The molecule has 1 aromatic heterocycles. The lowest BCUT2D eigenvalue weighted by Gasteiger charge is -2.31. The van der Waals surface area contributed by atoms with Gasteiger partial charge in [-0.3, -0.25) is 14.4 Å². The largest absolute Gasteiger partial charge is 0.460 e. The van der Waals surface area contributed by atoms with E-state index in [9.17, 15) is 27.6 Å². The van der Waals surface area contributed by atoms with Crippen LogP contribution < -0.4 is 21.1 Å². The molecule has 0 bridgehead atoms. The van der Waals surface area contributed by atoms with Gasteiger partial charge in [-0.25, -0.2) is 13.8 Å². The van der Waals surface area contributed by atoms with E-state index < -0.39 is 30.2 Å². The Labute approximate surface area is 238 Å². The Morgan fingerprint density at radius 1 is 1.15 bits per heavy atom. The van der Waals surface area contributed by atoms with Gasteiger partial charge in [0.25, 0.3) is 11.8 Å². The number of nitrogens with zero attached hydrogens (tertiary/aromatic N) is 3. The summed E-state index contributed by atoms with van der Waals surface area (Å²) in [6.07, 6.45) is 2.24. The Kier molecular flexibility index (Phi) is 9.50. The number of ether oxygens (including phenoxy) is 1. The van der Waals surface area contributed by atoms with E-state index in [1.807, 2.05) is 0 Å². The van der Waals surface area contributed by atoms with Gasteiger partial charge in [-0.15, -0.1) is 0 Å². The van der Waals surface area contributed by atoms with Crippen molar-refractivity contribution in [2.45, 2.75) is 12.8 Å². The van der Waals surface area contributed by atoms with Gasteiger partial charge in [0.1, 0.15) is 0 Å². The average molecular weight is 593 g/mol. The van der Waals surface area contributed by atoms with Crippen molar-refractivity contribution in [2.24, 2.45) is 18.7 Å². The first kappa shape index (κ1) is 29.9. The van der Waals surface area contributed by atoms with Crippen molar-refractivity contribution >= 4 is 35.0 Å². The highest BCUT2D eigenvalue weighted by molar-refractivity contribution is 6.34. The van der Waals surface area contributed by atoms with Crippen LogP contribution in [0.15, 0.2) is 36.5 Å². The molecule has 4 N–H and O–H groups in total. The predicted octanol–water partition coefficient (Wildman–Crippen LogP) is 3.50. The molecule has 4 rings (SSSR count). The van der Waals surface area contributed by atoms with E-state index in [0.717, 1.165) is 6.07 Å². The van der Waals surface area contributed by atoms with Gasteiger partial charge in [0, 0.05) is 50.4 Å². The number of carbonyl (C=O) groups excluding carboxylic acids is 3. The molecule has 0 unspecified atom stereocenters. The van der Waals surface area contributed by atoms with Gasteiger partial charge in [0.2, 0.25) is 18.6 Å². The van der Waals surface area contributed by atoms with E-state index in [0.29, 0.717) is 39.0 Å². The minimum atomic E-state index is -1.37. The smallest absolute Gasteiger partial charge is 0.291 e. The van der Waals surface area contributed by atoms with Crippen LogP contribution in [0.1, 0.15) is 33.8 Å². The van der Waals surface area contributed by atoms with E-state index >= 15 is 0 Å². The molecule has 2 heterocycles. The maximum absolute atomic E-state index is 14.6. The number of amides is 3. The molecule has 0 atom stereocenters. The van der Waals surface area contributed by atoms with Crippen LogP contribution >= 0.6 is 11.6 Å². The summed E-state index contributed by atoms with van der Waals surface area (Å²) in [4.78, 5) is 43.8. The maximum Gasteiger partial charge on any atom is 0.291 e. The zero-order chi connectivity index (χ0) is 29.7. The van der Waals surface area contributed by atoms with Gasteiger partial charge >= 0.3 is 0 Å². The molecule has 0 saturated carbocycles. The van der Waals surface area contributed by atoms with Crippen molar-refractivity contribution in [1.82, 2.24) is 19.8 Å². The monoisotopic (exact) mass is 592 g/mol. The summed E-state index contributed by atoms with van der Waals surface area (Å²) in [5, 5.41) is 5.51. The van der Waals surface area contributed by atoms with Crippen LogP contribution in [-0.2, 0) is 11.8 Å². The fourth-order valence-electron chi connectivity index (χ4n) is 4.58. The van der Waals surface area contributed by atoms with Crippen molar-refractivity contribution in [3.8, 4) is 17.0 Å². The fourth-order valence-corrected chi connectivity index (χ4v) is 4.84. The quantitative estimate of drug-likeness (QED) is 0.349. The minimum Gasteiger partial charge on any atom is -0.460 e. The molecule has 3 amide bonds. The standard InChI is InChI=1S/C27H28ClF3N6O4/c1-36-20(18-4-5-21(41-14-29)23(31)22(18)30)13-34-24(36)26(39)35-16-2-3-17(19(28)12-16)27(40)37-10-6-15(7-11-37)25(38)33-9-8-32/h2-5,12-13,15H,6-11,14,32H2,1H3,(H,33,38)(H,35,39). The Morgan fingerprint density at radius 3 is 2.54 bits per heavy atom. The number of nitrogens with one attached hydrogen (secondary N) is 2. The second kappa shape index (κ2) is 13.0. The number of likely N-dealkylation sites (tertiary alicyclic amines) is 1. The molecule has 0 spiro atoms. The number of alkyl halides is 1. The molecule has 2 aromatic carbocycles. The lowest BCUT2D eigenvalue weighted by Crippen LogP contribution is -2.43. The highest BCUT2D eigenvalue weighted by atomic mass is 35.5. The molecule has 10 nitrogen and oxygen atoms in total. The summed E-state index contributed by atoms with van der Waals surface area (Å²) < 4.78 is 46.9. The van der Waals surface area contributed by atoms with Crippen molar-refractivity contribution in [3.63, 3.8) is 0 Å². The average Bonchev–Trinajstić information content (AvgIpc) is 3.35. The van der Waals surface area contributed by atoms with Crippen LogP contribution in [0.25, 0.3) is 11.3 Å². The normalized spacial score (nSPS) is 13.7. The molecule has 1 saturated heterocycles. The lowest BCUT2D eigenvalue weighted by atomic mass is 9.95. The first-order valence-corrected chi connectivity index (χ1v) is 13.1. The van der Waals surface area contributed by atoms with Gasteiger partial charge in [-0.1, -0.05) is 11.6 Å². The van der Waals surface area contributed by atoms with Gasteiger partial charge in [0.15, 0.2) is 17.4 Å². The summed E-state index contributed by atoms with van der Waals surface area (Å²) in [5.74, 6) is -4.55. The lowest BCUT2D eigenvalue weighted by molar-refractivity contribution is -0.126. The van der Waals surface area contributed by atoms with E-state index in [4.69, 9.17) is 17.3 Å². The molecule has 218 valence electrons. The van der Waals surface area contributed by atoms with E-state index in [-0.39, 0.29) is 51.1 Å². The topological polar surface area (TPSA) is 132 Å². The number of piperidine rings is 1. The molecular weight excluding hydrogens is 565 g/mol. The summed E-state index contributed by atoms with van der Waals surface area (Å²) in [6, 6.07) is 6.68. The van der Waals surface area contributed by atoms with Gasteiger partial charge in [-0.2, -0.15) is 4.39 Å². The van der Waals surface area contributed by atoms with E-state index in [1.165, 1.54) is 42.1 Å². The number of carbonyl (C=O) groups is 3. The maximum atomic E-state index is 14.6. The van der Waals surface area contributed by atoms with Crippen molar-refractivity contribution < 1.29 is 32.3 Å². The Balaban J connectivity index is 1.42. The van der Waals surface area contributed by atoms with Crippen molar-refractivity contribution in [2.75, 3.05) is 38.4 Å². The Hall–Kier alpha value is -4.10. The summed E-state index contributed by atoms with van der Waals surface area (Å²) in [6.45, 7) is 0.232. The van der Waals surface area contributed by atoms with Crippen LogP contribution in [0.3, 0.4) is 0 Å². The summed E-state index contributed by atoms with van der Waals surface area (Å²) >= 11 is 6.39. The Bertz CT molecular complexity index is 1460. The van der Waals surface area contributed by atoms with E-state index in [2.05, 4.69) is 20.4 Å². The molecule has 41 heavy (non-hydrogen) atoms. The highest BCUT2D eigenvalue weighted by Gasteiger charge is 2.29. The van der Waals surface area contributed by atoms with Crippen LogP contribution in [0.2, 0.25) is 5.02 Å². The first-order valence-electron chi connectivity index (χ1n) is 12.7. The fraction of sp³-hybridized carbons (Fsp3) is 0.333. The zero-order valence-corrected chi connectivity index (χ0v) is 22.8. The summed E-state index contributed by atoms with van der Waals surface area (Å²) in [5.41, 5.74) is 5.84. The second-order valence-corrected chi connectivity index (χ2v) is 9.72. The van der Waals surface area contributed by atoms with Crippen LogP contribution in [-0.4, -0.2) is 65.2 Å². The van der Waals surface area contributed by atoms with Crippen LogP contribution in [0, 0.1) is 17.6 Å². The van der Waals surface area contributed by atoms with Gasteiger partial charge in [0.05, 0.1) is 22.5 Å². The molecule has 0 aliphatic carbocycles. The highest BCUT2D eigenvalue weighted by Crippen LogP contribution is 2.31. The SMILES string of the molecule is Cn1c(-c2ccc(OCF)c(F)c2F)cnc1C(=O)Nc1ccc(C(=O)N2CCC(C(=O)NCCN)CC2)c(Cl)c1. The summed E-state index contributed by atoms with van der Waals surface area (Å²) in [7, 11) is 1.44. The molecule has 0 radical (unpaired) electrons. The number of aromatic nitrogens is 2. The van der Waals surface area contributed by atoms with E-state index in [1.54, 1.807) is 4.90 Å². The third kappa shape index (κ3) is 6.46. The molecule has 3 aromatic rings. The van der Waals surface area contributed by atoms with Gasteiger partial charge in [-0.05, 0) is 43.2 Å². The third-order valence-corrected chi connectivity index (χ3v) is 7.09. The molecular formula is C27H28ClF3N6O4. The zero-order valence-electron chi connectivity index (χ0n) is 22.1. The van der Waals surface area contributed by atoms with Crippen molar-refractivity contribution in [1.29, 1.82) is 0 Å². The number of halogens is 4. The van der Waals surface area contributed by atoms with Crippen LogP contribution in [0.4, 0.5) is 18.9 Å². The van der Waals surface area contributed by atoms with Crippen LogP contribution in [0.5, 0.6) is 5.75 Å². The number of nitrogens with two attached hydrogens (primary N) is 1. The Morgan fingerprint density at radius 2 is 1.88 bits per heavy atom. The second-order valence-electron chi connectivity index (χ2n) is 9.31. The molecule has 1 aliphatic rings. The number of imidazole rings is 1. The molecule has 1 aliphatic heterocycles. The minimum absolute atomic E-state index is 0.0705. The number of hydrogen-bond acceptors (Lipinski definition) is 6. The first-order chi connectivity index (χ1) is 19.7. The van der Waals surface area contributed by atoms with Crippen molar-refractivity contribution in [3.05, 3.63) is 64.6 Å². The third-order valence-electron chi connectivity index (χ3n) is 6.78.